The lowest BCUT2D eigenvalue weighted by Gasteiger charge is -2.22. The van der Waals surface area contributed by atoms with E-state index in [0.717, 1.165) is 17.0 Å². The fourth-order valence-corrected chi connectivity index (χ4v) is 2.26. The van der Waals surface area contributed by atoms with Gasteiger partial charge in [0.15, 0.2) is 0 Å². The summed E-state index contributed by atoms with van der Waals surface area (Å²) in [5.74, 6) is 0. The second kappa shape index (κ2) is 4.54. The number of rotatable bonds is 1. The molecule has 0 fully saturated rings. The molecule has 0 N–H and O–H groups in total. The van der Waals surface area contributed by atoms with Gasteiger partial charge in [0.05, 0.1) is 7.05 Å². The van der Waals surface area contributed by atoms with Crippen molar-refractivity contribution in [2.75, 3.05) is 7.05 Å². The first-order valence-electron chi connectivity index (χ1n) is 6.34. The highest BCUT2D eigenvalue weighted by molar-refractivity contribution is 5.87. The van der Waals surface area contributed by atoms with Crippen LogP contribution in [-0.2, 0) is 0 Å². The molecule has 1 aliphatic heterocycles. The van der Waals surface area contributed by atoms with Crippen LogP contribution in [0, 0.1) is 0 Å². The van der Waals surface area contributed by atoms with E-state index in [1.165, 1.54) is 10.9 Å². The Morgan fingerprint density at radius 1 is 1.25 bits per heavy atom. The molecule has 5 heteroatoms. The van der Waals surface area contributed by atoms with E-state index < -0.39 is 0 Å². The fraction of sp³-hybridized carbons (Fsp3) is 0.133. The zero-order chi connectivity index (χ0) is 14.2. The van der Waals surface area contributed by atoms with Gasteiger partial charge in [0.25, 0.3) is 0 Å². The van der Waals surface area contributed by atoms with Crippen molar-refractivity contribution in [2.24, 2.45) is 4.99 Å². The van der Waals surface area contributed by atoms with Crippen molar-refractivity contribution < 1.29 is 9.28 Å². The Kier molecular flexibility index (Phi) is 2.84. The quantitative estimate of drug-likeness (QED) is 0.746. The lowest BCUT2D eigenvalue weighted by Crippen LogP contribution is -2.47. The minimum atomic E-state index is -0.102. The first-order valence-corrected chi connectivity index (χ1v) is 6.34. The van der Waals surface area contributed by atoms with Gasteiger partial charge in [-0.15, -0.1) is 0 Å². The third-order valence-corrected chi connectivity index (χ3v) is 3.63. The molecule has 0 bridgehead atoms. The summed E-state index contributed by atoms with van der Waals surface area (Å²) in [7, 11) is 1.83. The van der Waals surface area contributed by atoms with Crippen LogP contribution in [0.4, 0.5) is 4.79 Å². The number of benzene rings is 1. The average Bonchev–Trinajstić information content (AvgIpc) is 3.10. The Morgan fingerprint density at radius 2 is 2.00 bits per heavy atom. The Morgan fingerprint density at radius 3 is 2.65 bits per heavy atom. The van der Waals surface area contributed by atoms with Gasteiger partial charge in [-0.05, 0) is 0 Å². The molecule has 5 nitrogen and oxygen atoms in total. The normalized spacial score (nSPS) is 21.5. The van der Waals surface area contributed by atoms with E-state index in [-0.39, 0.29) is 10.5 Å². The van der Waals surface area contributed by atoms with E-state index in [1.807, 2.05) is 44.3 Å². The minimum Gasteiger partial charge on any atom is -0.245 e. The molecule has 20 heavy (non-hydrogen) atoms. The Balaban J connectivity index is 2.04. The van der Waals surface area contributed by atoms with Gasteiger partial charge in [0, 0.05) is 24.9 Å². The highest BCUT2D eigenvalue weighted by Crippen LogP contribution is 2.31. The number of amides is 1. The zero-order valence-corrected chi connectivity index (χ0v) is 11.4. The molecule has 0 radical (unpaired) electrons. The molecule has 3 rings (SSSR count). The van der Waals surface area contributed by atoms with Crippen molar-refractivity contribution >= 4 is 18.1 Å². The summed E-state index contributed by atoms with van der Waals surface area (Å²) in [4.78, 5) is 20.9. The fourth-order valence-electron chi connectivity index (χ4n) is 2.26. The third kappa shape index (κ3) is 1.80. The Labute approximate surface area is 117 Å². The maximum atomic E-state index is 12.6. The van der Waals surface area contributed by atoms with E-state index in [1.54, 1.807) is 18.7 Å². The standard InChI is InChI=1S/C15H15N4O/c1-12-14(13-6-4-3-5-7-13)17-11-19(12,2)15(20)18-9-8-16-10-18/h3-11H,1-2H3/q+1. The summed E-state index contributed by atoms with van der Waals surface area (Å²) in [5.41, 5.74) is 2.76. The molecule has 2 heterocycles. The molecule has 1 amide bonds. The number of hydrogen-bond donors (Lipinski definition) is 0. The molecule has 0 saturated heterocycles. The van der Waals surface area contributed by atoms with Crippen LogP contribution in [0.15, 0.2) is 59.7 Å². The van der Waals surface area contributed by atoms with Crippen molar-refractivity contribution in [3.63, 3.8) is 0 Å². The van der Waals surface area contributed by atoms with Gasteiger partial charge >= 0.3 is 6.03 Å². The van der Waals surface area contributed by atoms with Crippen molar-refractivity contribution in [2.45, 2.75) is 6.92 Å². The van der Waals surface area contributed by atoms with Crippen LogP contribution < -0.4 is 0 Å². The molecule has 0 saturated carbocycles. The van der Waals surface area contributed by atoms with Gasteiger partial charge in [-0.1, -0.05) is 30.3 Å². The number of aliphatic imine (C=N–C) groups is 1. The van der Waals surface area contributed by atoms with Crippen molar-refractivity contribution in [3.8, 4) is 0 Å². The topological polar surface area (TPSA) is 47.2 Å². The van der Waals surface area contributed by atoms with Crippen LogP contribution in [0.2, 0.25) is 0 Å². The molecular weight excluding hydrogens is 252 g/mol. The Hall–Kier alpha value is -2.53. The van der Waals surface area contributed by atoms with Gasteiger partial charge in [0.1, 0.15) is 17.7 Å². The lowest BCUT2D eigenvalue weighted by atomic mass is 10.1. The molecule has 2 aromatic rings. The SMILES string of the molecule is CC1=C(c2ccccc2)N=C[N+]1(C)C(=O)n1ccnc1. The van der Waals surface area contributed by atoms with Crippen molar-refractivity contribution in [3.05, 3.63) is 60.3 Å². The van der Waals surface area contributed by atoms with Gasteiger partial charge in [-0.2, -0.15) is 9.48 Å². The van der Waals surface area contributed by atoms with Crippen LogP contribution in [0.1, 0.15) is 12.5 Å². The van der Waals surface area contributed by atoms with Crippen LogP contribution >= 0.6 is 0 Å². The highest BCUT2D eigenvalue weighted by Gasteiger charge is 2.40. The Bertz CT molecular complexity index is 701. The first-order chi connectivity index (χ1) is 9.63. The summed E-state index contributed by atoms with van der Waals surface area (Å²) >= 11 is 0. The summed E-state index contributed by atoms with van der Waals surface area (Å²) in [6.45, 7) is 1.93. The zero-order valence-electron chi connectivity index (χ0n) is 11.4. The minimum absolute atomic E-state index is 0.0284. The number of imidazole rings is 1. The molecule has 0 spiro atoms. The molecule has 1 aliphatic rings. The smallest absolute Gasteiger partial charge is 0.245 e. The monoisotopic (exact) mass is 267 g/mol. The molecule has 1 unspecified atom stereocenters. The number of carbonyl (C=O) groups is 1. The summed E-state index contributed by atoms with van der Waals surface area (Å²) < 4.78 is 1.50. The van der Waals surface area contributed by atoms with Crippen LogP contribution in [-0.4, -0.2) is 33.5 Å². The van der Waals surface area contributed by atoms with Gasteiger partial charge in [0.2, 0.25) is 6.34 Å². The second-order valence-corrected chi connectivity index (χ2v) is 4.87. The van der Waals surface area contributed by atoms with E-state index >= 15 is 0 Å². The van der Waals surface area contributed by atoms with E-state index in [0.29, 0.717) is 0 Å². The van der Waals surface area contributed by atoms with Crippen LogP contribution in [0.5, 0.6) is 0 Å². The number of nitrogens with zero attached hydrogens (tertiary/aromatic N) is 4. The molecule has 1 aromatic heterocycles. The summed E-state index contributed by atoms with van der Waals surface area (Å²) in [6.07, 6.45) is 6.41. The summed E-state index contributed by atoms with van der Waals surface area (Å²) in [6, 6.07) is 9.77. The number of quaternary nitrogens is 1. The molecular formula is C15H15N4O+. The first kappa shape index (κ1) is 12.5. The third-order valence-electron chi connectivity index (χ3n) is 3.63. The van der Waals surface area contributed by atoms with Gasteiger partial charge in [-0.25, -0.2) is 14.3 Å². The van der Waals surface area contributed by atoms with Crippen LogP contribution in [0.25, 0.3) is 5.70 Å². The maximum Gasteiger partial charge on any atom is 0.439 e. The van der Waals surface area contributed by atoms with Gasteiger partial charge < -0.3 is 0 Å². The maximum absolute atomic E-state index is 12.6. The highest BCUT2D eigenvalue weighted by atomic mass is 16.2. The van der Waals surface area contributed by atoms with Gasteiger partial charge in [-0.3, -0.25) is 0 Å². The number of allylic oxidation sites excluding steroid dienone is 1. The molecule has 100 valence electrons. The van der Waals surface area contributed by atoms with Crippen LogP contribution in [0.3, 0.4) is 0 Å². The van der Waals surface area contributed by atoms with E-state index in [9.17, 15) is 4.79 Å². The largest absolute Gasteiger partial charge is 0.439 e. The number of carbonyl (C=O) groups excluding carboxylic acids is 1. The predicted octanol–water partition coefficient (Wildman–Crippen LogP) is 2.73. The summed E-state index contributed by atoms with van der Waals surface area (Å²) in [5, 5.41) is 0. The lowest BCUT2D eigenvalue weighted by molar-refractivity contribution is -0.681. The predicted molar refractivity (Wildman–Crippen MR) is 76.7 cm³/mol. The molecule has 1 atom stereocenters. The van der Waals surface area contributed by atoms with Crippen molar-refractivity contribution in [1.29, 1.82) is 0 Å². The van der Waals surface area contributed by atoms with E-state index in [2.05, 4.69) is 9.98 Å². The number of hydrogen-bond acceptors (Lipinski definition) is 3. The number of aromatic nitrogens is 2. The van der Waals surface area contributed by atoms with Crippen molar-refractivity contribution in [1.82, 2.24) is 9.55 Å². The van der Waals surface area contributed by atoms with E-state index in [4.69, 9.17) is 0 Å². The second-order valence-electron chi connectivity index (χ2n) is 4.87. The average molecular weight is 267 g/mol. The molecule has 1 aromatic carbocycles. The molecule has 0 aliphatic carbocycles.